The third-order valence-corrected chi connectivity index (χ3v) is 4.77. The Morgan fingerprint density at radius 2 is 1.84 bits per heavy atom. The summed E-state index contributed by atoms with van der Waals surface area (Å²) in [5.41, 5.74) is 1.57. The van der Waals surface area contributed by atoms with Crippen molar-refractivity contribution in [2.75, 3.05) is 12.0 Å². The van der Waals surface area contributed by atoms with Crippen LogP contribution in [0.25, 0.3) is 5.78 Å². The fourth-order valence-electron chi connectivity index (χ4n) is 3.22. The van der Waals surface area contributed by atoms with Gasteiger partial charge in [-0.2, -0.15) is 9.50 Å². The maximum absolute atomic E-state index is 13.4. The second kappa shape index (κ2) is 8.39. The van der Waals surface area contributed by atoms with Gasteiger partial charge >= 0.3 is 0 Å². The fourth-order valence-corrected chi connectivity index (χ4v) is 3.22. The Kier molecular flexibility index (Phi) is 5.48. The highest BCUT2D eigenvalue weighted by Gasteiger charge is 2.19. The monoisotopic (exact) mass is 421 g/mol. The van der Waals surface area contributed by atoms with E-state index in [0.29, 0.717) is 23.0 Å². The van der Waals surface area contributed by atoms with E-state index in [9.17, 15) is 14.0 Å². The minimum Gasteiger partial charge on any atom is -0.497 e. The highest BCUT2D eigenvalue weighted by Crippen LogP contribution is 2.20. The molecule has 1 N–H and O–H groups in total. The molecule has 0 bridgehead atoms. The summed E-state index contributed by atoms with van der Waals surface area (Å²) in [6, 6.07) is 14.2. The van der Waals surface area contributed by atoms with E-state index >= 15 is 0 Å². The molecule has 0 saturated heterocycles. The molecule has 0 atom stereocenters. The molecule has 2 heterocycles. The summed E-state index contributed by atoms with van der Waals surface area (Å²) in [4.78, 5) is 35.4. The second-order valence-electron chi connectivity index (χ2n) is 7.02. The van der Waals surface area contributed by atoms with Gasteiger partial charge in [-0.3, -0.25) is 14.7 Å². The number of hydrogen-bond donors (Lipinski definition) is 1. The second-order valence-corrected chi connectivity index (χ2v) is 7.02. The molecule has 0 spiro atoms. The van der Waals surface area contributed by atoms with Crippen LogP contribution in [-0.2, 0) is 17.8 Å². The van der Waals surface area contributed by atoms with E-state index < -0.39 is 5.82 Å². The molecular weight excluding hydrogens is 401 g/mol. The summed E-state index contributed by atoms with van der Waals surface area (Å²) in [6.45, 7) is 1.77. The molecular formula is C22H20FN5O3. The zero-order valence-electron chi connectivity index (χ0n) is 17.0. The first-order chi connectivity index (χ1) is 14.9. The molecule has 0 aliphatic rings. The SMILES string of the molecule is COc1ccc(CC(=O)N(Cc2nc3nc(C)cc(=O)n3[nH]2)c2ccc(F)cc2)cc1. The number of rotatable bonds is 6. The molecule has 0 saturated carbocycles. The summed E-state index contributed by atoms with van der Waals surface area (Å²) < 4.78 is 19.8. The first-order valence-electron chi connectivity index (χ1n) is 9.57. The smallest absolute Gasteiger partial charge is 0.274 e. The lowest BCUT2D eigenvalue weighted by molar-refractivity contribution is -0.118. The number of aromatic amines is 1. The van der Waals surface area contributed by atoms with Crippen LogP contribution in [0.2, 0.25) is 0 Å². The number of halogens is 1. The van der Waals surface area contributed by atoms with Gasteiger partial charge in [-0.05, 0) is 48.9 Å². The Hall–Kier alpha value is -4.01. The third kappa shape index (κ3) is 4.45. The number of anilines is 1. The Bertz CT molecular complexity index is 1280. The normalized spacial score (nSPS) is 10.9. The lowest BCUT2D eigenvalue weighted by atomic mass is 10.1. The number of amides is 1. The van der Waals surface area contributed by atoms with Crippen LogP contribution in [-0.4, -0.2) is 32.6 Å². The number of hydrogen-bond acceptors (Lipinski definition) is 5. The van der Waals surface area contributed by atoms with Crippen molar-refractivity contribution in [1.82, 2.24) is 19.6 Å². The molecule has 0 unspecified atom stereocenters. The summed E-state index contributed by atoms with van der Waals surface area (Å²) in [6.07, 6.45) is 0.124. The maximum atomic E-state index is 13.4. The quantitative estimate of drug-likeness (QED) is 0.517. The minimum atomic E-state index is -0.402. The number of nitrogens with zero attached hydrogens (tertiary/aromatic N) is 4. The van der Waals surface area contributed by atoms with E-state index in [0.717, 1.165) is 5.56 Å². The van der Waals surface area contributed by atoms with Crippen molar-refractivity contribution in [3.63, 3.8) is 0 Å². The molecule has 0 radical (unpaired) electrons. The summed E-state index contributed by atoms with van der Waals surface area (Å²) in [7, 11) is 1.57. The van der Waals surface area contributed by atoms with Gasteiger partial charge < -0.3 is 9.64 Å². The molecule has 0 fully saturated rings. The van der Waals surface area contributed by atoms with Crippen LogP contribution in [0.15, 0.2) is 59.4 Å². The topological polar surface area (TPSA) is 92.6 Å². The summed E-state index contributed by atoms with van der Waals surface area (Å²) in [5.74, 6) is 0.682. The molecule has 31 heavy (non-hydrogen) atoms. The molecule has 158 valence electrons. The number of H-pyrrole nitrogens is 1. The number of aromatic nitrogens is 4. The Labute approximate surface area is 176 Å². The van der Waals surface area contributed by atoms with Crippen molar-refractivity contribution >= 4 is 17.4 Å². The first kappa shape index (κ1) is 20.3. The molecule has 0 aliphatic carbocycles. The van der Waals surface area contributed by atoms with Crippen LogP contribution in [0, 0.1) is 12.7 Å². The van der Waals surface area contributed by atoms with Crippen molar-refractivity contribution in [2.45, 2.75) is 19.9 Å². The zero-order valence-corrected chi connectivity index (χ0v) is 17.0. The fraction of sp³-hybridized carbons (Fsp3) is 0.182. The predicted octanol–water partition coefficient (Wildman–Crippen LogP) is 2.65. The van der Waals surface area contributed by atoms with Gasteiger partial charge in [-0.1, -0.05) is 12.1 Å². The van der Waals surface area contributed by atoms with E-state index in [1.165, 1.54) is 39.7 Å². The molecule has 2 aromatic carbocycles. The van der Waals surface area contributed by atoms with Crippen LogP contribution in [0.4, 0.5) is 10.1 Å². The van der Waals surface area contributed by atoms with Crippen LogP contribution in [0.3, 0.4) is 0 Å². The van der Waals surface area contributed by atoms with Crippen molar-refractivity contribution in [2.24, 2.45) is 0 Å². The van der Waals surface area contributed by atoms with Crippen LogP contribution < -0.4 is 15.2 Å². The van der Waals surface area contributed by atoms with Gasteiger partial charge in [0.05, 0.1) is 20.1 Å². The van der Waals surface area contributed by atoms with E-state index in [1.807, 2.05) is 12.1 Å². The van der Waals surface area contributed by atoms with Gasteiger partial charge in [0, 0.05) is 17.4 Å². The lowest BCUT2D eigenvalue weighted by Gasteiger charge is -2.22. The molecule has 8 nitrogen and oxygen atoms in total. The number of fused-ring (bicyclic) bond motifs is 1. The van der Waals surface area contributed by atoms with Crippen molar-refractivity contribution in [3.05, 3.63) is 87.9 Å². The van der Waals surface area contributed by atoms with E-state index in [2.05, 4.69) is 15.1 Å². The van der Waals surface area contributed by atoms with Crippen LogP contribution >= 0.6 is 0 Å². The van der Waals surface area contributed by atoms with Crippen LogP contribution in [0.1, 0.15) is 17.1 Å². The summed E-state index contributed by atoms with van der Waals surface area (Å²) >= 11 is 0. The largest absolute Gasteiger partial charge is 0.497 e. The molecule has 4 aromatic rings. The van der Waals surface area contributed by atoms with Crippen molar-refractivity contribution < 1.29 is 13.9 Å². The van der Waals surface area contributed by atoms with Gasteiger partial charge in [-0.15, -0.1) is 0 Å². The average molecular weight is 421 g/mol. The highest BCUT2D eigenvalue weighted by atomic mass is 19.1. The van der Waals surface area contributed by atoms with Gasteiger partial charge in [0.15, 0.2) is 0 Å². The van der Waals surface area contributed by atoms with Crippen molar-refractivity contribution in [1.29, 1.82) is 0 Å². The zero-order chi connectivity index (χ0) is 22.0. The standard InChI is InChI=1S/C22H20FN5O3/c1-14-11-21(30)28-22(24-14)25-19(26-28)13-27(17-7-5-16(23)6-8-17)20(29)12-15-3-9-18(31-2)10-4-15/h3-11H,12-13H2,1-2H3,(H,24,25,26). The van der Waals surface area contributed by atoms with E-state index in [4.69, 9.17) is 4.74 Å². The molecule has 1 amide bonds. The number of benzene rings is 2. The Morgan fingerprint density at radius 1 is 1.13 bits per heavy atom. The van der Waals surface area contributed by atoms with Gasteiger partial charge in [-0.25, -0.2) is 9.37 Å². The van der Waals surface area contributed by atoms with Crippen molar-refractivity contribution in [3.8, 4) is 5.75 Å². The third-order valence-electron chi connectivity index (χ3n) is 4.77. The molecule has 4 rings (SSSR count). The van der Waals surface area contributed by atoms with Gasteiger partial charge in [0.2, 0.25) is 5.91 Å². The number of ether oxygens (including phenoxy) is 1. The van der Waals surface area contributed by atoms with E-state index in [1.54, 1.807) is 26.2 Å². The molecule has 0 aliphatic heterocycles. The Balaban J connectivity index is 1.65. The van der Waals surface area contributed by atoms with E-state index in [-0.39, 0.29) is 30.2 Å². The van der Waals surface area contributed by atoms with Crippen LogP contribution in [0.5, 0.6) is 5.75 Å². The molecule has 2 aromatic heterocycles. The number of aryl methyl sites for hydroxylation is 1. The Morgan fingerprint density at radius 3 is 2.52 bits per heavy atom. The molecule has 9 heteroatoms. The average Bonchev–Trinajstić information content (AvgIpc) is 3.16. The summed E-state index contributed by atoms with van der Waals surface area (Å²) in [5, 5.41) is 2.88. The first-order valence-corrected chi connectivity index (χ1v) is 9.57. The lowest BCUT2D eigenvalue weighted by Crippen LogP contribution is -2.32. The highest BCUT2D eigenvalue weighted by molar-refractivity contribution is 5.94. The van der Waals surface area contributed by atoms with Gasteiger partial charge in [0.1, 0.15) is 17.4 Å². The number of methoxy groups -OCH3 is 1. The maximum Gasteiger partial charge on any atom is 0.274 e. The number of carbonyl (C=O) groups excluding carboxylic acids is 1. The van der Waals surface area contributed by atoms with Gasteiger partial charge in [0.25, 0.3) is 11.3 Å². The number of carbonyl (C=O) groups is 1. The predicted molar refractivity (Wildman–Crippen MR) is 113 cm³/mol. The minimum absolute atomic E-state index is 0.0580. The number of nitrogens with one attached hydrogen (secondary N) is 1.